The maximum absolute atomic E-state index is 5.81. The Hall–Kier alpha value is -1.13. The van der Waals surface area contributed by atoms with Crippen LogP contribution < -0.4 is 11.1 Å². The van der Waals surface area contributed by atoms with E-state index in [9.17, 15) is 0 Å². The molecule has 88 valence electrons. The summed E-state index contributed by atoms with van der Waals surface area (Å²) < 4.78 is 5.69. The van der Waals surface area contributed by atoms with Gasteiger partial charge in [-0.05, 0) is 31.9 Å². The number of nitrogens with one attached hydrogen (secondary N) is 1. The zero-order valence-electron chi connectivity index (χ0n) is 9.70. The monoisotopic (exact) mass is 221 g/mol. The number of ether oxygens (including phenoxy) is 1. The van der Waals surface area contributed by atoms with E-state index in [0.717, 1.165) is 37.4 Å². The van der Waals surface area contributed by atoms with Crippen molar-refractivity contribution >= 4 is 5.69 Å². The Kier molecular flexibility index (Phi) is 3.41. The van der Waals surface area contributed by atoms with E-state index in [0.29, 0.717) is 6.54 Å². The van der Waals surface area contributed by atoms with E-state index >= 15 is 0 Å². The minimum absolute atomic E-state index is 0.0104. The molecule has 1 aromatic heterocycles. The van der Waals surface area contributed by atoms with Crippen molar-refractivity contribution in [3.63, 3.8) is 0 Å². The fraction of sp³-hybridized carbons (Fsp3) is 0.583. The van der Waals surface area contributed by atoms with Gasteiger partial charge in [0.25, 0.3) is 0 Å². The summed E-state index contributed by atoms with van der Waals surface area (Å²) in [5.41, 5.74) is 7.45. The Bertz CT molecular complexity index is 348. The number of anilines is 1. The summed E-state index contributed by atoms with van der Waals surface area (Å²) in [6.07, 6.45) is 4.04. The Morgan fingerprint density at radius 2 is 2.50 bits per heavy atom. The fourth-order valence-corrected chi connectivity index (χ4v) is 2.02. The van der Waals surface area contributed by atoms with Crippen LogP contribution in [0.25, 0.3) is 0 Å². The summed E-state index contributed by atoms with van der Waals surface area (Å²) in [5.74, 6) is 0. The molecule has 2 heterocycles. The minimum atomic E-state index is -0.0104. The first-order valence-corrected chi connectivity index (χ1v) is 5.74. The molecular weight excluding hydrogens is 202 g/mol. The predicted molar refractivity (Wildman–Crippen MR) is 63.9 cm³/mol. The van der Waals surface area contributed by atoms with Crippen LogP contribution in [0.2, 0.25) is 0 Å². The van der Waals surface area contributed by atoms with Crippen molar-refractivity contribution < 1.29 is 4.74 Å². The zero-order valence-corrected chi connectivity index (χ0v) is 9.70. The van der Waals surface area contributed by atoms with Crippen LogP contribution in [0.4, 0.5) is 5.69 Å². The molecule has 1 saturated heterocycles. The van der Waals surface area contributed by atoms with Crippen molar-refractivity contribution in [3.05, 3.63) is 24.0 Å². The fourth-order valence-electron chi connectivity index (χ4n) is 2.02. The van der Waals surface area contributed by atoms with Crippen molar-refractivity contribution in [1.82, 2.24) is 10.3 Å². The van der Waals surface area contributed by atoms with Crippen LogP contribution in [-0.4, -0.2) is 23.7 Å². The molecule has 0 amide bonds. The van der Waals surface area contributed by atoms with Crippen molar-refractivity contribution in [2.75, 3.05) is 18.9 Å². The molecule has 0 aliphatic carbocycles. The normalized spacial score (nSPS) is 24.8. The van der Waals surface area contributed by atoms with E-state index in [4.69, 9.17) is 10.5 Å². The lowest BCUT2D eigenvalue weighted by molar-refractivity contribution is 0.0206. The number of pyridine rings is 1. The molecule has 2 rings (SSSR count). The summed E-state index contributed by atoms with van der Waals surface area (Å²) in [5, 5.41) is 3.36. The molecule has 1 aliphatic rings. The van der Waals surface area contributed by atoms with Crippen molar-refractivity contribution in [3.8, 4) is 0 Å². The van der Waals surface area contributed by atoms with Crippen LogP contribution in [0.15, 0.2) is 18.3 Å². The number of rotatable bonds is 4. The van der Waals surface area contributed by atoms with Gasteiger partial charge in [0.15, 0.2) is 0 Å². The molecule has 4 nitrogen and oxygen atoms in total. The summed E-state index contributed by atoms with van der Waals surface area (Å²) in [6.45, 7) is 4.58. The van der Waals surface area contributed by atoms with Crippen LogP contribution >= 0.6 is 0 Å². The first-order chi connectivity index (χ1) is 7.70. The summed E-state index contributed by atoms with van der Waals surface area (Å²) in [7, 11) is 0. The van der Waals surface area contributed by atoms with Gasteiger partial charge in [-0.2, -0.15) is 0 Å². The molecule has 1 unspecified atom stereocenters. The van der Waals surface area contributed by atoms with E-state index in [1.807, 2.05) is 12.1 Å². The molecule has 0 aromatic carbocycles. The maximum Gasteiger partial charge on any atom is 0.0779 e. The molecule has 1 fully saturated rings. The highest BCUT2D eigenvalue weighted by molar-refractivity contribution is 5.41. The van der Waals surface area contributed by atoms with E-state index in [1.165, 1.54) is 0 Å². The molecule has 1 atom stereocenters. The molecular formula is C12H19N3O. The van der Waals surface area contributed by atoms with Crippen molar-refractivity contribution in [2.45, 2.75) is 31.9 Å². The quantitative estimate of drug-likeness (QED) is 0.805. The van der Waals surface area contributed by atoms with Crippen LogP contribution in [0.1, 0.15) is 25.5 Å². The zero-order chi connectivity index (χ0) is 11.4. The highest BCUT2D eigenvalue weighted by Gasteiger charge is 2.28. The largest absolute Gasteiger partial charge is 0.397 e. The SMILES string of the molecule is CC1(CNCc2ncccc2N)CCCO1. The third kappa shape index (κ3) is 2.71. The molecule has 1 aromatic rings. The van der Waals surface area contributed by atoms with Gasteiger partial charge in [-0.15, -0.1) is 0 Å². The van der Waals surface area contributed by atoms with Crippen molar-refractivity contribution in [1.29, 1.82) is 0 Å². The number of nitrogens with zero attached hydrogens (tertiary/aromatic N) is 1. The summed E-state index contributed by atoms with van der Waals surface area (Å²) >= 11 is 0. The second kappa shape index (κ2) is 4.80. The lowest BCUT2D eigenvalue weighted by atomic mass is 10.0. The number of hydrogen-bond acceptors (Lipinski definition) is 4. The predicted octanol–water partition coefficient (Wildman–Crippen LogP) is 1.32. The number of nitrogens with two attached hydrogens (primary N) is 1. The molecule has 0 radical (unpaired) electrons. The average Bonchev–Trinajstić information content (AvgIpc) is 2.68. The number of nitrogen functional groups attached to an aromatic ring is 1. The second-order valence-electron chi connectivity index (χ2n) is 4.54. The third-order valence-corrected chi connectivity index (χ3v) is 3.02. The molecule has 3 N–H and O–H groups in total. The second-order valence-corrected chi connectivity index (χ2v) is 4.54. The van der Waals surface area contributed by atoms with Gasteiger partial charge in [-0.1, -0.05) is 0 Å². The maximum atomic E-state index is 5.81. The molecule has 1 aliphatic heterocycles. The van der Waals surface area contributed by atoms with Gasteiger partial charge in [-0.25, -0.2) is 0 Å². The van der Waals surface area contributed by atoms with Crippen LogP contribution in [-0.2, 0) is 11.3 Å². The van der Waals surface area contributed by atoms with E-state index in [1.54, 1.807) is 6.20 Å². The van der Waals surface area contributed by atoms with Gasteiger partial charge < -0.3 is 15.8 Å². The number of aromatic nitrogens is 1. The van der Waals surface area contributed by atoms with Gasteiger partial charge in [0.05, 0.1) is 17.0 Å². The Morgan fingerprint density at radius 3 is 3.19 bits per heavy atom. The minimum Gasteiger partial charge on any atom is -0.397 e. The van der Waals surface area contributed by atoms with Crippen LogP contribution in [0.3, 0.4) is 0 Å². The van der Waals surface area contributed by atoms with E-state index in [-0.39, 0.29) is 5.60 Å². The van der Waals surface area contributed by atoms with Crippen LogP contribution in [0.5, 0.6) is 0 Å². The Balaban J connectivity index is 1.82. The standard InChI is InChI=1S/C12H19N3O/c1-12(5-3-7-16-12)9-14-8-11-10(13)4-2-6-15-11/h2,4,6,14H,3,5,7-9,13H2,1H3. The van der Waals surface area contributed by atoms with E-state index in [2.05, 4.69) is 17.2 Å². The van der Waals surface area contributed by atoms with Gasteiger partial charge in [-0.3, -0.25) is 4.98 Å². The van der Waals surface area contributed by atoms with Crippen molar-refractivity contribution in [2.24, 2.45) is 0 Å². The van der Waals surface area contributed by atoms with E-state index < -0.39 is 0 Å². The van der Waals surface area contributed by atoms with Gasteiger partial charge in [0.2, 0.25) is 0 Å². The smallest absolute Gasteiger partial charge is 0.0779 e. The Morgan fingerprint density at radius 1 is 1.62 bits per heavy atom. The first-order valence-electron chi connectivity index (χ1n) is 5.74. The lowest BCUT2D eigenvalue weighted by Crippen LogP contribution is -2.37. The highest BCUT2D eigenvalue weighted by atomic mass is 16.5. The third-order valence-electron chi connectivity index (χ3n) is 3.02. The average molecular weight is 221 g/mol. The van der Waals surface area contributed by atoms with Gasteiger partial charge in [0, 0.05) is 25.9 Å². The molecule has 16 heavy (non-hydrogen) atoms. The molecule has 4 heteroatoms. The van der Waals surface area contributed by atoms with Gasteiger partial charge in [0.1, 0.15) is 0 Å². The summed E-state index contributed by atoms with van der Waals surface area (Å²) in [4.78, 5) is 4.24. The number of hydrogen-bond donors (Lipinski definition) is 2. The molecule has 0 bridgehead atoms. The lowest BCUT2D eigenvalue weighted by Gasteiger charge is -2.23. The molecule has 0 spiro atoms. The summed E-state index contributed by atoms with van der Waals surface area (Å²) in [6, 6.07) is 3.72. The van der Waals surface area contributed by atoms with Crippen LogP contribution in [0, 0.1) is 0 Å². The Labute approximate surface area is 96.2 Å². The first kappa shape index (κ1) is 11.4. The topological polar surface area (TPSA) is 60.2 Å². The molecule has 0 saturated carbocycles. The van der Waals surface area contributed by atoms with Gasteiger partial charge >= 0.3 is 0 Å². The highest BCUT2D eigenvalue weighted by Crippen LogP contribution is 2.24.